The molecular weight excluding hydrogens is 374 g/mol. The number of hydrogen-bond donors (Lipinski definition) is 2. The van der Waals surface area contributed by atoms with E-state index in [-0.39, 0.29) is 11.8 Å². The van der Waals surface area contributed by atoms with Gasteiger partial charge in [0.05, 0.1) is 17.0 Å². The van der Waals surface area contributed by atoms with Crippen molar-refractivity contribution >= 4 is 28.2 Å². The zero-order valence-corrected chi connectivity index (χ0v) is 16.8. The SMILES string of the molecule is COc1ccc(C(=O)Nc2ccc(C(=O)N3CCC4(CCNC4)CC3)s2)cc1. The predicted molar refractivity (Wildman–Crippen MR) is 110 cm³/mol. The topological polar surface area (TPSA) is 70.7 Å². The highest BCUT2D eigenvalue weighted by atomic mass is 32.1. The number of amides is 2. The average Bonchev–Trinajstić information content (AvgIpc) is 3.38. The van der Waals surface area contributed by atoms with E-state index < -0.39 is 0 Å². The van der Waals surface area contributed by atoms with Crippen LogP contribution in [0.5, 0.6) is 5.75 Å². The number of ether oxygens (including phenoxy) is 1. The largest absolute Gasteiger partial charge is 0.497 e. The minimum absolute atomic E-state index is 0.0655. The first-order valence-electron chi connectivity index (χ1n) is 9.64. The van der Waals surface area contributed by atoms with Gasteiger partial charge >= 0.3 is 0 Å². The van der Waals surface area contributed by atoms with Crippen LogP contribution in [0.2, 0.25) is 0 Å². The van der Waals surface area contributed by atoms with Gasteiger partial charge < -0.3 is 20.3 Å². The quantitative estimate of drug-likeness (QED) is 0.828. The standard InChI is InChI=1S/C21H25N3O3S/c1-27-16-4-2-15(3-5-16)19(25)23-18-7-6-17(28-18)20(26)24-12-9-21(10-13-24)8-11-22-14-21/h2-7,22H,8-14H2,1H3,(H,23,25). The van der Waals surface area contributed by atoms with Gasteiger partial charge in [-0.3, -0.25) is 9.59 Å². The van der Waals surface area contributed by atoms with Crippen LogP contribution >= 0.6 is 11.3 Å². The Labute approximate surface area is 168 Å². The molecule has 2 fully saturated rings. The Balaban J connectivity index is 1.35. The number of benzene rings is 1. The van der Waals surface area contributed by atoms with Gasteiger partial charge in [0.2, 0.25) is 0 Å². The van der Waals surface area contributed by atoms with Crippen molar-refractivity contribution < 1.29 is 14.3 Å². The first-order valence-corrected chi connectivity index (χ1v) is 10.5. The Morgan fingerprint density at radius 1 is 1.11 bits per heavy atom. The highest BCUT2D eigenvalue weighted by molar-refractivity contribution is 7.18. The summed E-state index contributed by atoms with van der Waals surface area (Å²) in [7, 11) is 1.59. The highest BCUT2D eigenvalue weighted by Gasteiger charge is 2.38. The summed E-state index contributed by atoms with van der Waals surface area (Å²) < 4.78 is 5.11. The number of piperidine rings is 1. The van der Waals surface area contributed by atoms with Gasteiger partial charge in [0.25, 0.3) is 11.8 Å². The first-order chi connectivity index (χ1) is 13.6. The Morgan fingerprint density at radius 2 is 1.86 bits per heavy atom. The molecule has 7 heteroatoms. The first kappa shape index (κ1) is 19.0. The van der Waals surface area contributed by atoms with Crippen molar-refractivity contribution in [1.29, 1.82) is 0 Å². The molecule has 6 nitrogen and oxygen atoms in total. The lowest BCUT2D eigenvalue weighted by molar-refractivity contribution is 0.0612. The maximum Gasteiger partial charge on any atom is 0.263 e. The molecule has 2 saturated heterocycles. The third-order valence-electron chi connectivity index (χ3n) is 5.85. The highest BCUT2D eigenvalue weighted by Crippen LogP contribution is 2.37. The molecule has 0 saturated carbocycles. The lowest BCUT2D eigenvalue weighted by Crippen LogP contribution is -2.43. The summed E-state index contributed by atoms with van der Waals surface area (Å²) in [6, 6.07) is 10.5. The number of methoxy groups -OCH3 is 1. The second kappa shape index (κ2) is 7.93. The fraction of sp³-hybridized carbons (Fsp3) is 0.429. The summed E-state index contributed by atoms with van der Waals surface area (Å²) in [5.74, 6) is 0.574. The van der Waals surface area contributed by atoms with Gasteiger partial charge in [0, 0.05) is 25.2 Å². The number of carbonyl (C=O) groups is 2. The molecule has 2 N–H and O–H groups in total. The number of hydrogen-bond acceptors (Lipinski definition) is 5. The Kier molecular flexibility index (Phi) is 5.37. The zero-order valence-electron chi connectivity index (χ0n) is 16.0. The number of nitrogens with one attached hydrogen (secondary N) is 2. The molecule has 148 valence electrons. The Bertz CT molecular complexity index is 846. The molecule has 2 aromatic rings. The van der Waals surface area contributed by atoms with Crippen LogP contribution in [-0.2, 0) is 0 Å². The van der Waals surface area contributed by atoms with E-state index in [1.807, 2.05) is 4.90 Å². The van der Waals surface area contributed by atoms with Crippen LogP contribution in [0.3, 0.4) is 0 Å². The molecule has 3 heterocycles. The minimum atomic E-state index is -0.197. The van der Waals surface area contributed by atoms with E-state index in [1.165, 1.54) is 17.8 Å². The van der Waals surface area contributed by atoms with Crippen LogP contribution in [0.4, 0.5) is 5.00 Å². The van der Waals surface area contributed by atoms with Gasteiger partial charge in [-0.2, -0.15) is 0 Å². The lowest BCUT2D eigenvalue weighted by atomic mass is 9.78. The van der Waals surface area contributed by atoms with Gasteiger partial charge in [-0.25, -0.2) is 0 Å². The molecule has 2 aliphatic heterocycles. The molecule has 1 aromatic carbocycles. The van der Waals surface area contributed by atoms with E-state index in [1.54, 1.807) is 43.5 Å². The number of nitrogens with zero attached hydrogens (tertiary/aromatic N) is 1. The maximum absolute atomic E-state index is 12.8. The van der Waals surface area contributed by atoms with Crippen molar-refractivity contribution in [1.82, 2.24) is 10.2 Å². The second-order valence-electron chi connectivity index (χ2n) is 7.57. The molecule has 0 unspecified atom stereocenters. The molecule has 1 aromatic heterocycles. The minimum Gasteiger partial charge on any atom is -0.497 e. The van der Waals surface area contributed by atoms with E-state index in [4.69, 9.17) is 4.74 Å². The van der Waals surface area contributed by atoms with Gasteiger partial charge in [-0.15, -0.1) is 11.3 Å². The van der Waals surface area contributed by atoms with E-state index in [9.17, 15) is 9.59 Å². The maximum atomic E-state index is 12.8. The van der Waals surface area contributed by atoms with E-state index in [0.717, 1.165) is 39.0 Å². The summed E-state index contributed by atoms with van der Waals surface area (Å²) in [5.41, 5.74) is 0.942. The van der Waals surface area contributed by atoms with Crippen LogP contribution in [0, 0.1) is 5.41 Å². The fourth-order valence-corrected chi connectivity index (χ4v) is 4.88. The van der Waals surface area contributed by atoms with Gasteiger partial charge in [0.15, 0.2) is 0 Å². The molecule has 2 aliphatic rings. The normalized spacial score (nSPS) is 18.2. The number of thiophene rings is 1. The molecular formula is C21H25N3O3S. The second-order valence-corrected chi connectivity index (χ2v) is 8.65. The molecule has 2 amide bonds. The molecule has 0 atom stereocenters. The third-order valence-corrected chi connectivity index (χ3v) is 6.84. The van der Waals surface area contributed by atoms with Crippen molar-refractivity contribution in [2.45, 2.75) is 19.3 Å². The Morgan fingerprint density at radius 3 is 2.50 bits per heavy atom. The van der Waals surface area contributed by atoms with Crippen molar-refractivity contribution in [2.75, 3.05) is 38.6 Å². The van der Waals surface area contributed by atoms with Gasteiger partial charge in [-0.1, -0.05) is 0 Å². The summed E-state index contributed by atoms with van der Waals surface area (Å²) in [6.45, 7) is 3.80. The van der Waals surface area contributed by atoms with E-state index in [2.05, 4.69) is 10.6 Å². The van der Waals surface area contributed by atoms with Crippen molar-refractivity contribution in [2.24, 2.45) is 5.41 Å². The average molecular weight is 400 g/mol. The summed E-state index contributed by atoms with van der Waals surface area (Å²) in [6.07, 6.45) is 3.35. The van der Waals surface area contributed by atoms with E-state index in [0.29, 0.717) is 26.6 Å². The van der Waals surface area contributed by atoms with E-state index >= 15 is 0 Å². The number of carbonyl (C=O) groups excluding carboxylic acids is 2. The molecule has 4 rings (SSSR count). The molecule has 0 bridgehead atoms. The van der Waals surface area contributed by atoms with Crippen LogP contribution in [0.15, 0.2) is 36.4 Å². The monoisotopic (exact) mass is 399 g/mol. The molecule has 28 heavy (non-hydrogen) atoms. The summed E-state index contributed by atoms with van der Waals surface area (Å²) in [4.78, 5) is 27.8. The molecule has 1 spiro atoms. The third kappa shape index (κ3) is 3.91. The zero-order chi connectivity index (χ0) is 19.6. The van der Waals surface area contributed by atoms with Crippen LogP contribution in [0.25, 0.3) is 0 Å². The van der Waals surface area contributed by atoms with Crippen molar-refractivity contribution in [3.63, 3.8) is 0 Å². The smallest absolute Gasteiger partial charge is 0.263 e. The summed E-state index contributed by atoms with van der Waals surface area (Å²) in [5, 5.41) is 7.00. The van der Waals surface area contributed by atoms with Crippen LogP contribution < -0.4 is 15.4 Å². The summed E-state index contributed by atoms with van der Waals surface area (Å²) >= 11 is 1.33. The fourth-order valence-electron chi connectivity index (χ4n) is 4.01. The molecule has 0 aliphatic carbocycles. The lowest BCUT2D eigenvalue weighted by Gasteiger charge is -2.38. The van der Waals surface area contributed by atoms with Crippen LogP contribution in [0.1, 0.15) is 39.3 Å². The van der Waals surface area contributed by atoms with Crippen molar-refractivity contribution in [3.8, 4) is 5.75 Å². The van der Waals surface area contributed by atoms with Gasteiger partial charge in [-0.05, 0) is 67.6 Å². The number of rotatable bonds is 4. The number of anilines is 1. The predicted octanol–water partition coefficient (Wildman–Crippen LogP) is 3.22. The van der Waals surface area contributed by atoms with Crippen LogP contribution in [-0.4, -0.2) is 50.0 Å². The molecule has 0 radical (unpaired) electrons. The van der Waals surface area contributed by atoms with Gasteiger partial charge in [0.1, 0.15) is 5.75 Å². The Hall–Kier alpha value is -2.38. The number of likely N-dealkylation sites (tertiary alicyclic amines) is 1. The van der Waals surface area contributed by atoms with Crippen molar-refractivity contribution in [3.05, 3.63) is 46.8 Å².